The zero-order valence-electron chi connectivity index (χ0n) is 13.9. The Balaban J connectivity index is 1.97. The van der Waals surface area contributed by atoms with E-state index < -0.39 is 0 Å². The standard InChI is InChI=1S/C20H18ClN3O/c1-2-3-6-13-9-10-17-14(11-13)19-15(12-22-17)20(25)24(23-19)18-8-5-4-7-16(18)21/h4-5,7-12,23H,2-3,6H2,1H3. The first-order valence-corrected chi connectivity index (χ1v) is 8.84. The molecule has 0 saturated carbocycles. The lowest BCUT2D eigenvalue weighted by molar-refractivity contribution is 0.796. The molecule has 2 aromatic heterocycles. The molecular weight excluding hydrogens is 334 g/mol. The zero-order valence-corrected chi connectivity index (χ0v) is 14.7. The first-order valence-electron chi connectivity index (χ1n) is 8.46. The minimum atomic E-state index is -0.142. The fourth-order valence-electron chi connectivity index (χ4n) is 3.14. The van der Waals surface area contributed by atoms with Gasteiger partial charge < -0.3 is 0 Å². The van der Waals surface area contributed by atoms with E-state index in [4.69, 9.17) is 11.6 Å². The van der Waals surface area contributed by atoms with Gasteiger partial charge in [-0.25, -0.2) is 4.68 Å². The number of aromatic nitrogens is 3. The van der Waals surface area contributed by atoms with Crippen molar-refractivity contribution in [1.82, 2.24) is 14.8 Å². The highest BCUT2D eigenvalue weighted by Gasteiger charge is 2.13. The van der Waals surface area contributed by atoms with Gasteiger partial charge >= 0.3 is 0 Å². The van der Waals surface area contributed by atoms with Crippen molar-refractivity contribution in [2.24, 2.45) is 0 Å². The number of unbranched alkanes of at least 4 members (excludes halogenated alkanes) is 1. The average Bonchev–Trinajstić information content (AvgIpc) is 2.97. The van der Waals surface area contributed by atoms with E-state index in [2.05, 4.69) is 29.1 Å². The van der Waals surface area contributed by atoms with Crippen LogP contribution in [0.1, 0.15) is 25.3 Å². The number of para-hydroxylation sites is 1. The molecule has 0 radical (unpaired) electrons. The van der Waals surface area contributed by atoms with Gasteiger partial charge in [-0.1, -0.05) is 43.1 Å². The van der Waals surface area contributed by atoms with Crippen molar-refractivity contribution in [1.29, 1.82) is 0 Å². The Morgan fingerprint density at radius 1 is 1.16 bits per heavy atom. The topological polar surface area (TPSA) is 50.7 Å². The molecule has 4 aromatic rings. The van der Waals surface area contributed by atoms with Gasteiger partial charge in [-0.3, -0.25) is 14.9 Å². The van der Waals surface area contributed by atoms with Gasteiger partial charge in [0, 0.05) is 11.6 Å². The Bertz CT molecular complexity index is 1130. The minimum absolute atomic E-state index is 0.142. The van der Waals surface area contributed by atoms with Crippen LogP contribution in [0.25, 0.3) is 27.5 Å². The van der Waals surface area contributed by atoms with Gasteiger partial charge in [-0.05, 0) is 42.7 Å². The molecule has 0 unspecified atom stereocenters. The third-order valence-electron chi connectivity index (χ3n) is 4.50. The van der Waals surface area contributed by atoms with Crippen molar-refractivity contribution in [3.63, 3.8) is 0 Å². The summed E-state index contributed by atoms with van der Waals surface area (Å²) in [5, 5.41) is 5.29. The van der Waals surface area contributed by atoms with E-state index in [1.165, 1.54) is 10.2 Å². The molecule has 0 saturated heterocycles. The van der Waals surface area contributed by atoms with E-state index in [0.717, 1.165) is 35.7 Å². The minimum Gasteiger partial charge on any atom is -0.289 e. The normalized spacial score (nSPS) is 11.4. The molecule has 0 spiro atoms. The van der Waals surface area contributed by atoms with Crippen molar-refractivity contribution in [2.75, 3.05) is 0 Å². The van der Waals surface area contributed by atoms with Crippen molar-refractivity contribution < 1.29 is 0 Å². The number of halogens is 1. The maximum absolute atomic E-state index is 12.8. The van der Waals surface area contributed by atoms with Crippen molar-refractivity contribution in [3.05, 3.63) is 69.6 Å². The van der Waals surface area contributed by atoms with Crippen LogP contribution in [0.2, 0.25) is 5.02 Å². The number of hydrogen-bond donors (Lipinski definition) is 1. The number of nitrogens with one attached hydrogen (secondary N) is 1. The van der Waals surface area contributed by atoms with Crippen molar-refractivity contribution in [2.45, 2.75) is 26.2 Å². The van der Waals surface area contributed by atoms with Crippen molar-refractivity contribution in [3.8, 4) is 5.69 Å². The van der Waals surface area contributed by atoms with Gasteiger partial charge in [0.25, 0.3) is 5.56 Å². The molecule has 0 amide bonds. The van der Waals surface area contributed by atoms with Gasteiger partial charge in [0.15, 0.2) is 0 Å². The fourth-order valence-corrected chi connectivity index (χ4v) is 3.36. The SMILES string of the molecule is CCCCc1ccc2ncc3c(=O)n(-c4ccccc4Cl)[nH]c3c2c1. The summed E-state index contributed by atoms with van der Waals surface area (Å²) in [6, 6.07) is 13.6. The third kappa shape index (κ3) is 2.72. The summed E-state index contributed by atoms with van der Waals surface area (Å²) < 4.78 is 1.49. The number of pyridine rings is 1. The van der Waals surface area contributed by atoms with E-state index >= 15 is 0 Å². The molecule has 2 aromatic carbocycles. The molecule has 1 N–H and O–H groups in total. The van der Waals surface area contributed by atoms with Gasteiger partial charge in [0.1, 0.15) is 0 Å². The number of hydrogen-bond acceptors (Lipinski definition) is 2. The van der Waals surface area contributed by atoms with Crippen LogP contribution >= 0.6 is 11.6 Å². The van der Waals surface area contributed by atoms with E-state index in [9.17, 15) is 4.79 Å². The molecular formula is C20H18ClN3O. The number of H-pyrrole nitrogens is 1. The molecule has 2 heterocycles. The van der Waals surface area contributed by atoms with Gasteiger partial charge in [0.2, 0.25) is 0 Å². The predicted octanol–water partition coefficient (Wildman–Crippen LogP) is 4.86. The predicted molar refractivity (Wildman–Crippen MR) is 103 cm³/mol. The molecule has 4 rings (SSSR count). The van der Waals surface area contributed by atoms with Crippen LogP contribution in [0.4, 0.5) is 0 Å². The largest absolute Gasteiger partial charge is 0.289 e. The summed E-state index contributed by atoms with van der Waals surface area (Å²) in [5.74, 6) is 0. The zero-order chi connectivity index (χ0) is 17.4. The second-order valence-electron chi connectivity index (χ2n) is 6.21. The summed E-state index contributed by atoms with van der Waals surface area (Å²) in [4.78, 5) is 17.3. The fraction of sp³-hybridized carbons (Fsp3) is 0.200. The third-order valence-corrected chi connectivity index (χ3v) is 4.82. The maximum atomic E-state index is 12.8. The molecule has 5 heteroatoms. The van der Waals surface area contributed by atoms with E-state index in [1.807, 2.05) is 24.3 Å². The lowest BCUT2D eigenvalue weighted by Gasteiger charge is -2.04. The number of aromatic amines is 1. The second-order valence-corrected chi connectivity index (χ2v) is 6.61. The van der Waals surface area contributed by atoms with E-state index in [1.54, 1.807) is 12.3 Å². The second kappa shape index (κ2) is 6.37. The average molecular weight is 352 g/mol. The number of nitrogens with zero attached hydrogens (tertiary/aromatic N) is 2. The summed E-state index contributed by atoms with van der Waals surface area (Å²) in [7, 11) is 0. The summed E-state index contributed by atoms with van der Waals surface area (Å²) in [5.41, 5.74) is 3.43. The van der Waals surface area contributed by atoms with Crippen LogP contribution in [-0.2, 0) is 6.42 Å². The Hall–Kier alpha value is -2.59. The molecule has 0 aliphatic carbocycles. The molecule has 126 valence electrons. The molecule has 0 bridgehead atoms. The summed E-state index contributed by atoms with van der Waals surface area (Å²) in [6.45, 7) is 2.18. The van der Waals surface area contributed by atoms with Crippen molar-refractivity contribution >= 4 is 33.4 Å². The molecule has 4 nitrogen and oxygen atoms in total. The summed E-state index contributed by atoms with van der Waals surface area (Å²) >= 11 is 6.26. The monoisotopic (exact) mass is 351 g/mol. The number of fused-ring (bicyclic) bond motifs is 3. The highest BCUT2D eigenvalue weighted by molar-refractivity contribution is 6.32. The van der Waals surface area contributed by atoms with Crippen LogP contribution in [0.3, 0.4) is 0 Å². The van der Waals surface area contributed by atoms with Crippen LogP contribution in [0.5, 0.6) is 0 Å². The van der Waals surface area contributed by atoms with E-state index in [-0.39, 0.29) is 5.56 Å². The molecule has 0 atom stereocenters. The Morgan fingerprint density at radius 3 is 2.80 bits per heavy atom. The Morgan fingerprint density at radius 2 is 2.00 bits per heavy atom. The van der Waals surface area contributed by atoms with Gasteiger partial charge in [-0.15, -0.1) is 0 Å². The van der Waals surface area contributed by atoms with E-state index in [0.29, 0.717) is 16.1 Å². The quantitative estimate of drug-likeness (QED) is 0.570. The number of aryl methyl sites for hydroxylation is 1. The maximum Gasteiger partial charge on any atom is 0.280 e. The van der Waals surface area contributed by atoms with Gasteiger partial charge in [-0.2, -0.15) is 0 Å². The molecule has 25 heavy (non-hydrogen) atoms. The molecule has 0 aliphatic rings. The highest BCUT2D eigenvalue weighted by atomic mass is 35.5. The molecule has 0 fully saturated rings. The number of rotatable bonds is 4. The number of benzene rings is 2. The van der Waals surface area contributed by atoms with Crippen LogP contribution in [0.15, 0.2) is 53.5 Å². The lowest BCUT2D eigenvalue weighted by atomic mass is 10.0. The van der Waals surface area contributed by atoms with Crippen LogP contribution < -0.4 is 5.56 Å². The first-order chi connectivity index (χ1) is 12.2. The summed E-state index contributed by atoms with van der Waals surface area (Å²) in [6.07, 6.45) is 4.96. The first kappa shape index (κ1) is 15.9. The van der Waals surface area contributed by atoms with Gasteiger partial charge in [0.05, 0.1) is 27.1 Å². The molecule has 0 aliphatic heterocycles. The lowest BCUT2D eigenvalue weighted by Crippen LogP contribution is -2.14. The smallest absolute Gasteiger partial charge is 0.280 e. The highest BCUT2D eigenvalue weighted by Crippen LogP contribution is 2.24. The van der Waals surface area contributed by atoms with Crippen LogP contribution in [-0.4, -0.2) is 14.8 Å². The Labute approximate surface area is 150 Å². The Kier molecular flexibility index (Phi) is 4.06. The van der Waals surface area contributed by atoms with Crippen LogP contribution in [0, 0.1) is 0 Å².